The first kappa shape index (κ1) is 19.4. The Bertz CT molecular complexity index is 914. The smallest absolute Gasteiger partial charge is 0.312 e. The van der Waals surface area contributed by atoms with Crippen molar-refractivity contribution < 1.29 is 19.1 Å². The topological polar surface area (TPSA) is 136 Å². The number of pyridine rings is 1. The van der Waals surface area contributed by atoms with Gasteiger partial charge in [-0.3, -0.25) is 14.4 Å². The number of rotatable bonds is 5. The van der Waals surface area contributed by atoms with Crippen molar-refractivity contribution in [2.45, 2.75) is 24.5 Å². The minimum atomic E-state index is -0.730. The number of nitrogens with two attached hydrogens (primary N) is 1. The van der Waals surface area contributed by atoms with Crippen LogP contribution in [0.5, 0.6) is 0 Å². The zero-order chi connectivity index (χ0) is 20.8. The van der Waals surface area contributed by atoms with E-state index in [-0.39, 0.29) is 47.5 Å². The predicted octanol–water partition coefficient (Wildman–Crippen LogP) is -1.21. The highest BCUT2D eigenvalue weighted by Gasteiger charge is 2.63. The van der Waals surface area contributed by atoms with Crippen LogP contribution in [0.4, 0.5) is 4.79 Å². The number of nitrogens with one attached hydrogen (secondary N) is 2. The standard InChI is InChI=1S/C19H25N5O5/c1-23-8-11(2-3-15(23)25)17(27)21-6-12-13-9-24(16(26)7-22-18(20)28)10-19(13)5-4-14(12)29-19/h2-3,8,12-14H,4-7,9-10H2,1H3,(H,21,27)(H3,20,22,28)/t12-,13+,14+,19+/m0/s1. The average molecular weight is 403 g/mol. The first-order valence-electron chi connectivity index (χ1n) is 9.73. The number of aryl methyl sites for hydroxylation is 1. The zero-order valence-corrected chi connectivity index (χ0v) is 16.2. The van der Waals surface area contributed by atoms with Crippen LogP contribution >= 0.6 is 0 Å². The highest BCUT2D eigenvalue weighted by atomic mass is 16.5. The summed E-state index contributed by atoms with van der Waals surface area (Å²) in [4.78, 5) is 48.9. The second kappa shape index (κ2) is 7.18. The summed E-state index contributed by atoms with van der Waals surface area (Å²) in [6.45, 7) is 1.35. The molecular formula is C19H25N5O5. The Kier molecular flexibility index (Phi) is 4.81. The molecule has 156 valence electrons. The molecule has 3 aliphatic rings. The van der Waals surface area contributed by atoms with Crippen LogP contribution in [0.15, 0.2) is 23.1 Å². The molecule has 4 amide bonds. The van der Waals surface area contributed by atoms with Crippen molar-refractivity contribution in [3.8, 4) is 0 Å². The van der Waals surface area contributed by atoms with Crippen molar-refractivity contribution in [3.05, 3.63) is 34.2 Å². The summed E-state index contributed by atoms with van der Waals surface area (Å²) >= 11 is 0. The van der Waals surface area contributed by atoms with Gasteiger partial charge in [0.1, 0.15) is 0 Å². The summed E-state index contributed by atoms with van der Waals surface area (Å²) in [7, 11) is 1.60. The van der Waals surface area contributed by atoms with Crippen LogP contribution < -0.4 is 21.9 Å². The second-order valence-electron chi connectivity index (χ2n) is 8.10. The minimum absolute atomic E-state index is 0.0708. The molecule has 3 saturated heterocycles. The Labute approximate surface area is 167 Å². The molecule has 0 saturated carbocycles. The third-order valence-corrected chi connectivity index (χ3v) is 6.40. The largest absolute Gasteiger partial charge is 0.369 e. The number of likely N-dealkylation sites (tertiary alicyclic amines) is 1. The number of primary amides is 1. The van der Waals surface area contributed by atoms with Crippen LogP contribution in [-0.2, 0) is 16.6 Å². The molecule has 3 fully saturated rings. The number of fused-ring (bicyclic) bond motifs is 1. The van der Waals surface area contributed by atoms with E-state index >= 15 is 0 Å². The van der Waals surface area contributed by atoms with Gasteiger partial charge in [0.05, 0.1) is 30.4 Å². The summed E-state index contributed by atoms with van der Waals surface area (Å²) in [5, 5.41) is 5.29. The van der Waals surface area contributed by atoms with E-state index in [2.05, 4.69) is 10.6 Å². The molecule has 2 bridgehead atoms. The average Bonchev–Trinajstić information content (AvgIpc) is 3.34. The van der Waals surface area contributed by atoms with E-state index in [9.17, 15) is 19.2 Å². The first-order valence-corrected chi connectivity index (χ1v) is 9.73. The van der Waals surface area contributed by atoms with Gasteiger partial charge in [0, 0.05) is 44.2 Å². The maximum Gasteiger partial charge on any atom is 0.312 e. The van der Waals surface area contributed by atoms with Crippen LogP contribution in [0, 0.1) is 11.8 Å². The van der Waals surface area contributed by atoms with Crippen LogP contribution in [-0.4, -0.2) is 65.2 Å². The van der Waals surface area contributed by atoms with E-state index in [4.69, 9.17) is 10.5 Å². The Morgan fingerprint density at radius 2 is 2.10 bits per heavy atom. The molecule has 1 aromatic heterocycles. The SMILES string of the molecule is Cn1cc(C(=O)NC[C@H]2[C@H]3CN(C(=O)CNC(N)=O)C[C@]34CC[C@H]2O4)ccc1=O. The van der Waals surface area contributed by atoms with Gasteiger partial charge in [0.2, 0.25) is 11.5 Å². The Morgan fingerprint density at radius 3 is 2.83 bits per heavy atom. The van der Waals surface area contributed by atoms with Crippen molar-refractivity contribution in [1.82, 2.24) is 20.1 Å². The highest BCUT2D eigenvalue weighted by Crippen LogP contribution is 2.54. The minimum Gasteiger partial charge on any atom is -0.369 e. The number of aromatic nitrogens is 1. The maximum atomic E-state index is 12.5. The van der Waals surface area contributed by atoms with Gasteiger partial charge in [0.15, 0.2) is 0 Å². The van der Waals surface area contributed by atoms with E-state index in [1.807, 2.05) is 0 Å². The van der Waals surface area contributed by atoms with Crippen molar-refractivity contribution in [3.63, 3.8) is 0 Å². The van der Waals surface area contributed by atoms with Crippen molar-refractivity contribution >= 4 is 17.8 Å². The molecular weight excluding hydrogens is 378 g/mol. The molecule has 0 aliphatic carbocycles. The van der Waals surface area contributed by atoms with E-state index < -0.39 is 6.03 Å². The summed E-state index contributed by atoms with van der Waals surface area (Å²) in [6, 6.07) is 2.15. The molecule has 29 heavy (non-hydrogen) atoms. The Morgan fingerprint density at radius 1 is 1.31 bits per heavy atom. The quantitative estimate of drug-likeness (QED) is 0.567. The third kappa shape index (κ3) is 3.48. The molecule has 4 heterocycles. The second-order valence-corrected chi connectivity index (χ2v) is 8.10. The molecule has 4 atom stereocenters. The number of hydrogen-bond donors (Lipinski definition) is 3. The van der Waals surface area contributed by atoms with Gasteiger partial charge in [-0.05, 0) is 18.9 Å². The molecule has 1 spiro atoms. The number of ether oxygens (including phenoxy) is 1. The number of hydrogen-bond acceptors (Lipinski definition) is 5. The molecule has 0 radical (unpaired) electrons. The molecule has 1 aromatic rings. The van der Waals surface area contributed by atoms with E-state index in [1.165, 1.54) is 22.9 Å². The van der Waals surface area contributed by atoms with Gasteiger partial charge in [-0.1, -0.05) is 0 Å². The van der Waals surface area contributed by atoms with Crippen molar-refractivity contribution in [2.24, 2.45) is 24.6 Å². The fourth-order valence-corrected chi connectivity index (χ4v) is 4.97. The normalized spacial score (nSPS) is 29.6. The maximum absolute atomic E-state index is 12.5. The van der Waals surface area contributed by atoms with E-state index in [0.717, 1.165) is 12.8 Å². The molecule has 4 N–H and O–H groups in total. The van der Waals surface area contributed by atoms with Crippen LogP contribution in [0.25, 0.3) is 0 Å². The number of carbonyl (C=O) groups is 3. The van der Waals surface area contributed by atoms with Crippen molar-refractivity contribution in [1.29, 1.82) is 0 Å². The summed E-state index contributed by atoms with van der Waals surface area (Å²) in [6.07, 6.45) is 3.37. The number of urea groups is 1. The fraction of sp³-hybridized carbons (Fsp3) is 0.579. The monoisotopic (exact) mass is 403 g/mol. The van der Waals surface area contributed by atoms with Gasteiger partial charge < -0.3 is 30.6 Å². The number of amides is 4. The Balaban J connectivity index is 1.40. The van der Waals surface area contributed by atoms with Crippen molar-refractivity contribution in [2.75, 3.05) is 26.2 Å². The van der Waals surface area contributed by atoms with Gasteiger partial charge in [-0.25, -0.2) is 4.79 Å². The first-order chi connectivity index (χ1) is 13.8. The predicted molar refractivity (Wildman–Crippen MR) is 102 cm³/mol. The Hall–Kier alpha value is -2.88. The van der Waals surface area contributed by atoms with Crippen LogP contribution in [0.2, 0.25) is 0 Å². The molecule has 0 unspecified atom stereocenters. The van der Waals surface area contributed by atoms with Gasteiger partial charge in [-0.15, -0.1) is 0 Å². The third-order valence-electron chi connectivity index (χ3n) is 6.40. The molecule has 10 heteroatoms. The number of nitrogens with zero attached hydrogens (tertiary/aromatic N) is 2. The molecule has 10 nitrogen and oxygen atoms in total. The van der Waals surface area contributed by atoms with Crippen LogP contribution in [0.1, 0.15) is 23.2 Å². The lowest BCUT2D eigenvalue weighted by molar-refractivity contribution is -0.130. The summed E-state index contributed by atoms with van der Waals surface area (Å²) in [5.74, 6) is -0.178. The summed E-state index contributed by atoms with van der Waals surface area (Å²) in [5.41, 5.74) is 4.93. The highest BCUT2D eigenvalue weighted by molar-refractivity contribution is 5.93. The lowest BCUT2D eigenvalue weighted by Gasteiger charge is -2.29. The molecule has 3 aliphatic heterocycles. The van der Waals surface area contributed by atoms with Crippen LogP contribution in [0.3, 0.4) is 0 Å². The molecule has 0 aromatic carbocycles. The lowest BCUT2D eigenvalue weighted by atomic mass is 9.73. The van der Waals surface area contributed by atoms with E-state index in [1.54, 1.807) is 11.9 Å². The van der Waals surface area contributed by atoms with Gasteiger partial charge >= 0.3 is 6.03 Å². The van der Waals surface area contributed by atoms with Gasteiger partial charge in [0.25, 0.3) is 5.91 Å². The van der Waals surface area contributed by atoms with Gasteiger partial charge in [-0.2, -0.15) is 0 Å². The summed E-state index contributed by atoms with van der Waals surface area (Å²) < 4.78 is 7.64. The molecule has 4 rings (SSSR count). The number of carbonyl (C=O) groups excluding carboxylic acids is 3. The fourth-order valence-electron chi connectivity index (χ4n) is 4.97. The lowest BCUT2D eigenvalue weighted by Crippen LogP contribution is -2.42. The van der Waals surface area contributed by atoms with E-state index in [0.29, 0.717) is 25.2 Å². The zero-order valence-electron chi connectivity index (χ0n) is 16.2.